The normalized spacial score (nSPS) is 15.6. The Balaban J connectivity index is 1.24. The molecule has 4 heterocycles. The summed E-state index contributed by atoms with van der Waals surface area (Å²) >= 11 is 0. The van der Waals surface area contributed by atoms with Crippen molar-refractivity contribution in [1.82, 2.24) is 35.5 Å². The summed E-state index contributed by atoms with van der Waals surface area (Å²) in [6, 6.07) is 7.15. The number of nitrogens with zero attached hydrogens (tertiary/aromatic N) is 7. The highest BCUT2D eigenvalue weighted by Crippen LogP contribution is 2.13. The third kappa shape index (κ3) is 3.43. The van der Waals surface area contributed by atoms with Crippen LogP contribution in [0, 0.1) is 0 Å². The molecule has 10 heteroatoms. The van der Waals surface area contributed by atoms with E-state index < -0.39 is 0 Å². The fourth-order valence-corrected chi connectivity index (χ4v) is 2.83. The Kier molecular flexibility index (Phi) is 4.25. The standard InChI is InChI=1S/C15H18N8O2/c24-15(12-2-1-11-25-12)16-5-6-21-7-9-22(10-8-21)14-4-3-13-17-19-20-23(13)18-14/h1-4,11H,5-10H2,(H,16,24). The van der Waals surface area contributed by atoms with E-state index in [-0.39, 0.29) is 5.91 Å². The predicted octanol–water partition coefficient (Wildman–Crippen LogP) is -0.336. The van der Waals surface area contributed by atoms with Gasteiger partial charge in [-0.05, 0) is 34.7 Å². The molecule has 0 saturated carbocycles. The number of carbonyl (C=O) groups is 1. The second-order valence-electron chi connectivity index (χ2n) is 5.78. The molecule has 0 atom stereocenters. The van der Waals surface area contributed by atoms with Gasteiger partial charge in [-0.1, -0.05) is 0 Å². The SMILES string of the molecule is O=C(NCCN1CCN(c2ccc3nnnn3n2)CC1)c1ccco1. The van der Waals surface area contributed by atoms with Gasteiger partial charge in [-0.3, -0.25) is 9.69 Å². The van der Waals surface area contributed by atoms with Crippen LogP contribution in [0.5, 0.6) is 0 Å². The predicted molar refractivity (Wildman–Crippen MR) is 88.3 cm³/mol. The summed E-state index contributed by atoms with van der Waals surface area (Å²) in [6.07, 6.45) is 1.49. The first-order chi connectivity index (χ1) is 12.3. The Morgan fingerprint density at radius 3 is 2.88 bits per heavy atom. The van der Waals surface area contributed by atoms with Crippen molar-refractivity contribution in [3.05, 3.63) is 36.3 Å². The van der Waals surface area contributed by atoms with Gasteiger partial charge in [0.25, 0.3) is 5.91 Å². The molecular weight excluding hydrogens is 324 g/mol. The molecule has 1 saturated heterocycles. The van der Waals surface area contributed by atoms with Crippen molar-refractivity contribution in [2.45, 2.75) is 0 Å². The molecule has 10 nitrogen and oxygen atoms in total. The summed E-state index contributed by atoms with van der Waals surface area (Å²) < 4.78 is 6.51. The molecule has 0 aromatic carbocycles. The Bertz CT molecular complexity index is 838. The monoisotopic (exact) mass is 342 g/mol. The number of rotatable bonds is 5. The summed E-state index contributed by atoms with van der Waals surface area (Å²) in [7, 11) is 0. The highest BCUT2D eigenvalue weighted by atomic mass is 16.3. The molecule has 1 amide bonds. The van der Waals surface area contributed by atoms with Crippen LogP contribution in [0.3, 0.4) is 0 Å². The molecule has 0 bridgehead atoms. The average molecular weight is 342 g/mol. The van der Waals surface area contributed by atoms with Gasteiger partial charge in [-0.15, -0.1) is 14.8 Å². The first kappa shape index (κ1) is 15.5. The van der Waals surface area contributed by atoms with E-state index in [2.05, 4.69) is 35.7 Å². The third-order valence-corrected chi connectivity index (χ3v) is 4.21. The lowest BCUT2D eigenvalue weighted by Crippen LogP contribution is -2.48. The third-order valence-electron chi connectivity index (χ3n) is 4.21. The van der Waals surface area contributed by atoms with E-state index in [0.29, 0.717) is 18.0 Å². The first-order valence-electron chi connectivity index (χ1n) is 8.14. The second kappa shape index (κ2) is 6.85. The highest BCUT2D eigenvalue weighted by Gasteiger charge is 2.19. The number of tetrazole rings is 1. The number of piperazine rings is 1. The van der Waals surface area contributed by atoms with Crippen molar-refractivity contribution in [3.63, 3.8) is 0 Å². The van der Waals surface area contributed by atoms with E-state index in [1.807, 2.05) is 12.1 Å². The van der Waals surface area contributed by atoms with E-state index in [9.17, 15) is 4.79 Å². The van der Waals surface area contributed by atoms with Gasteiger partial charge in [0.05, 0.1) is 6.26 Å². The molecule has 1 aliphatic heterocycles. The zero-order chi connectivity index (χ0) is 17.1. The topological polar surface area (TPSA) is 105 Å². The van der Waals surface area contributed by atoms with Crippen LogP contribution in [-0.4, -0.2) is 75.3 Å². The van der Waals surface area contributed by atoms with Gasteiger partial charge in [0, 0.05) is 39.3 Å². The Morgan fingerprint density at radius 2 is 2.08 bits per heavy atom. The molecule has 1 fully saturated rings. The lowest BCUT2D eigenvalue weighted by atomic mass is 10.3. The van der Waals surface area contributed by atoms with Gasteiger partial charge in [-0.25, -0.2) is 0 Å². The number of carbonyl (C=O) groups excluding carboxylic acids is 1. The van der Waals surface area contributed by atoms with Crippen molar-refractivity contribution in [1.29, 1.82) is 0 Å². The van der Waals surface area contributed by atoms with E-state index in [1.54, 1.807) is 12.1 Å². The number of furan rings is 1. The van der Waals surface area contributed by atoms with E-state index in [1.165, 1.54) is 10.9 Å². The number of aromatic nitrogens is 5. The maximum absolute atomic E-state index is 11.8. The number of hydrogen-bond donors (Lipinski definition) is 1. The van der Waals surface area contributed by atoms with Crippen LogP contribution in [0.1, 0.15) is 10.6 Å². The molecule has 3 aromatic rings. The summed E-state index contributed by atoms with van der Waals surface area (Å²) in [6.45, 7) is 4.95. The van der Waals surface area contributed by atoms with Crippen LogP contribution in [0.2, 0.25) is 0 Å². The molecular formula is C15H18N8O2. The molecule has 1 aliphatic rings. The number of fused-ring (bicyclic) bond motifs is 1. The lowest BCUT2D eigenvalue weighted by Gasteiger charge is -2.35. The number of hydrogen-bond acceptors (Lipinski definition) is 8. The fraction of sp³-hybridized carbons (Fsp3) is 0.400. The van der Waals surface area contributed by atoms with E-state index in [4.69, 9.17) is 4.42 Å². The minimum absolute atomic E-state index is 0.178. The Labute approximate surface area is 143 Å². The van der Waals surface area contributed by atoms with Crippen molar-refractivity contribution in [2.24, 2.45) is 0 Å². The molecule has 0 spiro atoms. The molecule has 0 aliphatic carbocycles. The van der Waals surface area contributed by atoms with E-state index >= 15 is 0 Å². The van der Waals surface area contributed by atoms with Crippen molar-refractivity contribution in [2.75, 3.05) is 44.2 Å². The molecule has 1 N–H and O–H groups in total. The van der Waals surface area contributed by atoms with Crippen molar-refractivity contribution >= 4 is 17.4 Å². The molecule has 0 radical (unpaired) electrons. The minimum Gasteiger partial charge on any atom is -0.459 e. The Morgan fingerprint density at radius 1 is 1.20 bits per heavy atom. The summed E-state index contributed by atoms with van der Waals surface area (Å²) in [5, 5.41) is 18.6. The largest absolute Gasteiger partial charge is 0.459 e. The summed E-state index contributed by atoms with van der Waals surface area (Å²) in [4.78, 5) is 16.3. The van der Waals surface area contributed by atoms with Crippen LogP contribution in [-0.2, 0) is 0 Å². The second-order valence-corrected chi connectivity index (χ2v) is 5.78. The van der Waals surface area contributed by atoms with E-state index in [0.717, 1.165) is 38.5 Å². The van der Waals surface area contributed by atoms with Crippen LogP contribution in [0.4, 0.5) is 5.82 Å². The maximum atomic E-state index is 11.8. The molecule has 25 heavy (non-hydrogen) atoms. The molecule has 4 rings (SSSR count). The highest BCUT2D eigenvalue weighted by molar-refractivity contribution is 5.91. The first-order valence-corrected chi connectivity index (χ1v) is 8.14. The number of amides is 1. The van der Waals surface area contributed by atoms with Gasteiger partial charge in [0.2, 0.25) is 0 Å². The zero-order valence-corrected chi connectivity index (χ0v) is 13.6. The Hall–Kier alpha value is -3.01. The molecule has 130 valence electrons. The lowest BCUT2D eigenvalue weighted by molar-refractivity contribution is 0.0920. The average Bonchev–Trinajstić information content (AvgIpc) is 3.33. The van der Waals surface area contributed by atoms with Gasteiger partial charge in [0.1, 0.15) is 0 Å². The van der Waals surface area contributed by atoms with Crippen LogP contribution in [0.15, 0.2) is 34.9 Å². The quantitative estimate of drug-likeness (QED) is 0.672. The van der Waals surface area contributed by atoms with Crippen LogP contribution < -0.4 is 10.2 Å². The fourth-order valence-electron chi connectivity index (χ4n) is 2.83. The molecule has 0 unspecified atom stereocenters. The maximum Gasteiger partial charge on any atom is 0.287 e. The molecule has 3 aromatic heterocycles. The van der Waals surface area contributed by atoms with Gasteiger partial charge in [-0.2, -0.15) is 0 Å². The number of anilines is 1. The van der Waals surface area contributed by atoms with Crippen LogP contribution in [0.25, 0.3) is 5.65 Å². The van der Waals surface area contributed by atoms with Gasteiger partial charge >= 0.3 is 0 Å². The summed E-state index contributed by atoms with van der Waals surface area (Å²) in [5.41, 5.74) is 0.634. The van der Waals surface area contributed by atoms with Gasteiger partial charge in [0.15, 0.2) is 17.2 Å². The van der Waals surface area contributed by atoms with Crippen molar-refractivity contribution < 1.29 is 9.21 Å². The summed E-state index contributed by atoms with van der Waals surface area (Å²) in [5.74, 6) is 1.03. The smallest absolute Gasteiger partial charge is 0.287 e. The number of nitrogens with one attached hydrogen (secondary N) is 1. The minimum atomic E-state index is -0.178. The van der Waals surface area contributed by atoms with Crippen LogP contribution >= 0.6 is 0 Å². The van der Waals surface area contributed by atoms with Crippen molar-refractivity contribution in [3.8, 4) is 0 Å². The van der Waals surface area contributed by atoms with Gasteiger partial charge < -0.3 is 14.6 Å². The zero-order valence-electron chi connectivity index (χ0n) is 13.6.